The van der Waals surface area contributed by atoms with Crippen LogP contribution < -0.4 is 5.73 Å². The largest absolute Gasteiger partial charge is 0.374 e. The molecule has 4 nitrogen and oxygen atoms in total. The van der Waals surface area contributed by atoms with Crippen LogP contribution in [0.25, 0.3) is 0 Å². The minimum Gasteiger partial charge on any atom is -0.374 e. The molecule has 1 aromatic heterocycles. The Balaban J connectivity index is 1.98. The monoisotopic (exact) mass is 269 g/mol. The molecule has 0 saturated heterocycles. The van der Waals surface area contributed by atoms with Crippen molar-refractivity contribution in [3.05, 3.63) is 35.6 Å². The number of benzene rings is 1. The number of anilines is 1. The summed E-state index contributed by atoms with van der Waals surface area (Å²) in [5, 5.41) is 7.78. The minimum absolute atomic E-state index is 0.150. The van der Waals surface area contributed by atoms with E-state index in [1.165, 1.54) is 41.3 Å². The summed E-state index contributed by atoms with van der Waals surface area (Å²) in [6.45, 7) is 0. The summed E-state index contributed by atoms with van der Waals surface area (Å²) in [6, 6.07) is 5.61. The number of nitrogens with zero attached hydrogens (tertiary/aromatic N) is 2. The predicted molar refractivity (Wildman–Crippen MR) is 65.8 cm³/mol. The van der Waals surface area contributed by atoms with E-state index in [2.05, 4.69) is 10.2 Å². The first kappa shape index (κ1) is 12.0. The van der Waals surface area contributed by atoms with E-state index in [0.29, 0.717) is 15.0 Å². The number of carbonyl (C=O) groups excluding carboxylic acids is 1. The van der Waals surface area contributed by atoms with Gasteiger partial charge in [0.2, 0.25) is 5.13 Å². The number of nitrogens with two attached hydrogens (primary N) is 1. The Morgan fingerprint density at radius 3 is 2.94 bits per heavy atom. The summed E-state index contributed by atoms with van der Waals surface area (Å²) in [5.41, 5.74) is 5.77. The lowest BCUT2D eigenvalue weighted by atomic mass is 10.1. The van der Waals surface area contributed by atoms with Crippen molar-refractivity contribution in [2.75, 3.05) is 11.5 Å². The molecule has 0 unspecified atom stereocenters. The third-order valence-electron chi connectivity index (χ3n) is 1.90. The van der Waals surface area contributed by atoms with E-state index < -0.39 is 5.82 Å². The van der Waals surface area contributed by atoms with Crippen LogP contribution in [0.3, 0.4) is 0 Å². The molecule has 17 heavy (non-hydrogen) atoms. The molecule has 1 aromatic carbocycles. The number of carbonyl (C=O) groups is 1. The molecule has 2 aromatic rings. The molecule has 0 aliphatic carbocycles. The number of halogens is 1. The quantitative estimate of drug-likeness (QED) is 0.681. The number of aromatic nitrogens is 2. The lowest BCUT2D eigenvalue weighted by Gasteiger charge is -1.98. The van der Waals surface area contributed by atoms with Gasteiger partial charge in [0.05, 0.1) is 5.75 Å². The normalized spacial score (nSPS) is 10.4. The van der Waals surface area contributed by atoms with E-state index in [0.717, 1.165) is 0 Å². The Kier molecular flexibility index (Phi) is 3.70. The molecule has 0 radical (unpaired) electrons. The maximum Gasteiger partial charge on any atom is 0.203 e. The van der Waals surface area contributed by atoms with Crippen LogP contribution in [0.5, 0.6) is 0 Å². The second kappa shape index (κ2) is 5.24. The van der Waals surface area contributed by atoms with Gasteiger partial charge in [-0.1, -0.05) is 35.2 Å². The second-order valence-corrected chi connectivity index (χ2v) is 5.36. The Morgan fingerprint density at radius 2 is 2.29 bits per heavy atom. The SMILES string of the molecule is Nc1nnc(SCC(=O)c2cccc(F)c2)s1. The smallest absolute Gasteiger partial charge is 0.203 e. The van der Waals surface area contributed by atoms with Crippen molar-refractivity contribution < 1.29 is 9.18 Å². The highest BCUT2D eigenvalue weighted by Crippen LogP contribution is 2.24. The molecule has 0 fully saturated rings. The van der Waals surface area contributed by atoms with Crippen molar-refractivity contribution in [2.45, 2.75) is 4.34 Å². The molecule has 0 bridgehead atoms. The lowest BCUT2D eigenvalue weighted by molar-refractivity contribution is 0.102. The fraction of sp³-hybridized carbons (Fsp3) is 0.100. The molecule has 2 N–H and O–H groups in total. The summed E-state index contributed by atoms with van der Waals surface area (Å²) in [7, 11) is 0. The van der Waals surface area contributed by atoms with Crippen molar-refractivity contribution in [1.29, 1.82) is 0 Å². The van der Waals surface area contributed by atoms with Crippen LogP contribution in [0.1, 0.15) is 10.4 Å². The van der Waals surface area contributed by atoms with Crippen molar-refractivity contribution >= 4 is 34.0 Å². The van der Waals surface area contributed by atoms with Crippen LogP contribution >= 0.6 is 23.1 Å². The molecule has 2 rings (SSSR count). The van der Waals surface area contributed by atoms with E-state index >= 15 is 0 Å². The summed E-state index contributed by atoms with van der Waals surface area (Å²) < 4.78 is 13.5. The van der Waals surface area contributed by atoms with Gasteiger partial charge in [-0.05, 0) is 12.1 Å². The van der Waals surface area contributed by atoms with Crippen LogP contribution in [0, 0.1) is 5.82 Å². The Morgan fingerprint density at radius 1 is 1.47 bits per heavy atom. The fourth-order valence-electron chi connectivity index (χ4n) is 1.15. The topological polar surface area (TPSA) is 68.9 Å². The number of Topliss-reactive ketones (excluding diaryl/α,β-unsaturated/α-hetero) is 1. The molecule has 0 amide bonds. The summed E-state index contributed by atoms with van der Waals surface area (Å²) in [5.74, 6) is -0.373. The molecule has 0 saturated carbocycles. The van der Waals surface area contributed by atoms with Gasteiger partial charge in [0.25, 0.3) is 0 Å². The minimum atomic E-state index is -0.416. The number of hydrogen-bond acceptors (Lipinski definition) is 6. The summed E-state index contributed by atoms with van der Waals surface area (Å²) in [4.78, 5) is 11.7. The van der Waals surface area contributed by atoms with Crippen molar-refractivity contribution in [3.63, 3.8) is 0 Å². The number of ketones is 1. The average Bonchev–Trinajstić information content (AvgIpc) is 2.72. The maximum absolute atomic E-state index is 12.9. The van der Waals surface area contributed by atoms with Crippen LogP contribution in [0.15, 0.2) is 28.6 Å². The van der Waals surface area contributed by atoms with Crippen molar-refractivity contribution in [1.82, 2.24) is 10.2 Å². The van der Waals surface area contributed by atoms with Gasteiger partial charge >= 0.3 is 0 Å². The van der Waals surface area contributed by atoms with E-state index in [1.807, 2.05) is 0 Å². The van der Waals surface area contributed by atoms with E-state index in [1.54, 1.807) is 6.07 Å². The first-order valence-corrected chi connectivity index (χ1v) is 6.46. The van der Waals surface area contributed by atoms with Crippen LogP contribution in [-0.2, 0) is 0 Å². The molecule has 0 aliphatic heterocycles. The van der Waals surface area contributed by atoms with Gasteiger partial charge in [0, 0.05) is 5.56 Å². The molecule has 88 valence electrons. The molecular formula is C10H8FN3OS2. The third-order valence-corrected chi connectivity index (χ3v) is 3.78. The van der Waals surface area contributed by atoms with Crippen molar-refractivity contribution in [2.24, 2.45) is 0 Å². The third kappa shape index (κ3) is 3.24. The molecule has 1 heterocycles. The Bertz CT molecular complexity index is 544. The molecule has 0 atom stereocenters. The van der Waals surface area contributed by atoms with Gasteiger partial charge in [0.15, 0.2) is 10.1 Å². The number of thioether (sulfide) groups is 1. The van der Waals surface area contributed by atoms with Crippen LogP contribution in [0.4, 0.5) is 9.52 Å². The standard InChI is InChI=1S/C10H8FN3OS2/c11-7-3-1-2-6(4-7)8(15)5-16-10-14-13-9(12)17-10/h1-4H,5H2,(H2,12,13). The van der Waals surface area contributed by atoms with E-state index in [-0.39, 0.29) is 11.5 Å². The molecule has 7 heteroatoms. The molecular weight excluding hydrogens is 261 g/mol. The zero-order valence-corrected chi connectivity index (χ0v) is 10.2. The zero-order valence-electron chi connectivity index (χ0n) is 8.59. The lowest BCUT2D eigenvalue weighted by Crippen LogP contribution is -2.02. The van der Waals surface area contributed by atoms with Gasteiger partial charge in [0.1, 0.15) is 5.82 Å². The Labute approximate surface area is 105 Å². The Hall–Kier alpha value is -1.47. The maximum atomic E-state index is 12.9. The first-order valence-electron chi connectivity index (χ1n) is 4.65. The molecule has 0 aliphatic rings. The van der Waals surface area contributed by atoms with Gasteiger partial charge < -0.3 is 5.73 Å². The summed E-state index contributed by atoms with van der Waals surface area (Å²) in [6.07, 6.45) is 0. The number of nitrogen functional groups attached to an aromatic ring is 1. The summed E-state index contributed by atoms with van der Waals surface area (Å²) >= 11 is 2.46. The highest BCUT2D eigenvalue weighted by atomic mass is 32.2. The van der Waals surface area contributed by atoms with Gasteiger partial charge in [-0.25, -0.2) is 4.39 Å². The molecule has 0 spiro atoms. The zero-order chi connectivity index (χ0) is 12.3. The number of rotatable bonds is 4. The van der Waals surface area contributed by atoms with E-state index in [9.17, 15) is 9.18 Å². The van der Waals surface area contributed by atoms with Crippen LogP contribution in [-0.4, -0.2) is 21.7 Å². The van der Waals surface area contributed by atoms with Gasteiger partial charge in [-0.15, -0.1) is 10.2 Å². The van der Waals surface area contributed by atoms with Crippen molar-refractivity contribution in [3.8, 4) is 0 Å². The highest BCUT2D eigenvalue weighted by molar-refractivity contribution is 8.01. The number of hydrogen-bond donors (Lipinski definition) is 1. The van der Waals surface area contributed by atoms with Crippen LogP contribution in [0.2, 0.25) is 0 Å². The van der Waals surface area contributed by atoms with E-state index in [4.69, 9.17) is 5.73 Å². The second-order valence-electron chi connectivity index (χ2n) is 3.13. The van der Waals surface area contributed by atoms with Gasteiger partial charge in [-0.3, -0.25) is 4.79 Å². The fourth-order valence-corrected chi connectivity index (χ4v) is 2.68. The highest BCUT2D eigenvalue weighted by Gasteiger charge is 2.09. The first-order chi connectivity index (χ1) is 8.15. The van der Waals surface area contributed by atoms with Gasteiger partial charge in [-0.2, -0.15) is 0 Å². The predicted octanol–water partition coefficient (Wildman–Crippen LogP) is 2.23. The average molecular weight is 269 g/mol.